The first-order chi connectivity index (χ1) is 17.1. The lowest BCUT2D eigenvalue weighted by atomic mass is 10.0. The highest BCUT2D eigenvalue weighted by molar-refractivity contribution is 6.31. The number of hydrogen-bond acceptors (Lipinski definition) is 7. The number of fused-ring (bicyclic) bond motifs is 1. The number of anilines is 1. The van der Waals surface area contributed by atoms with E-state index in [1.807, 2.05) is 6.07 Å². The van der Waals surface area contributed by atoms with Crippen LogP contribution < -0.4 is 14.8 Å². The van der Waals surface area contributed by atoms with E-state index in [1.165, 1.54) is 0 Å². The Balaban J connectivity index is 1.35. The van der Waals surface area contributed by atoms with Crippen LogP contribution in [0.4, 0.5) is 5.69 Å². The van der Waals surface area contributed by atoms with Crippen molar-refractivity contribution in [3.8, 4) is 17.2 Å². The Labute approximate surface area is 207 Å². The summed E-state index contributed by atoms with van der Waals surface area (Å²) in [5.74, 6) is 2.27. The van der Waals surface area contributed by atoms with Gasteiger partial charge in [-0.3, -0.25) is 14.6 Å². The second-order valence-corrected chi connectivity index (χ2v) is 9.04. The lowest BCUT2D eigenvalue weighted by Crippen LogP contribution is -2.18. The van der Waals surface area contributed by atoms with Crippen LogP contribution in [0.3, 0.4) is 0 Å². The minimum Gasteiger partial charge on any atom is -0.486 e. The molecular weight excluding hydrogens is 472 g/mol. The molecule has 0 bridgehead atoms. The predicted molar refractivity (Wildman–Crippen MR) is 130 cm³/mol. The summed E-state index contributed by atoms with van der Waals surface area (Å²) < 4.78 is 22.8. The topological polar surface area (TPSA) is 96.0 Å². The third-order valence-electron chi connectivity index (χ3n) is 5.94. The summed E-state index contributed by atoms with van der Waals surface area (Å²) in [6.07, 6.45) is 5.00. The Hall–Kier alpha value is -3.20. The molecule has 182 valence electrons. The highest BCUT2D eigenvalue weighted by Gasteiger charge is 2.24. The molecule has 1 aliphatic carbocycles. The van der Waals surface area contributed by atoms with Gasteiger partial charge in [0.15, 0.2) is 6.29 Å². The number of halogens is 1. The first kappa shape index (κ1) is 23.5. The minimum atomic E-state index is -0.450. The average Bonchev–Trinajstić information content (AvgIpc) is 3.49. The van der Waals surface area contributed by atoms with Crippen molar-refractivity contribution >= 4 is 40.4 Å². The molecule has 2 fully saturated rings. The largest absolute Gasteiger partial charge is 0.486 e. The maximum Gasteiger partial charge on any atom is 0.211 e. The Bertz CT molecular complexity index is 1240. The van der Waals surface area contributed by atoms with Gasteiger partial charge in [0.05, 0.1) is 24.4 Å². The van der Waals surface area contributed by atoms with E-state index in [0.29, 0.717) is 77.2 Å². The zero-order chi connectivity index (χ0) is 24.2. The fraction of sp³-hybridized carbons (Fsp3) is 0.346. The molecule has 1 saturated carbocycles. The molecule has 0 unspecified atom stereocenters. The molecular formula is C26H25ClN2O6. The molecule has 2 heterocycles. The van der Waals surface area contributed by atoms with Crippen LogP contribution >= 0.6 is 11.6 Å². The number of aromatic nitrogens is 1. The SMILES string of the molecule is O=CNc1cc2c(Oc3ccc(CC(=O)CC4CC4)c(Cl)c3)ccnc2cc1OCC1OCCO1. The quantitative estimate of drug-likeness (QED) is 0.377. The molecule has 35 heavy (non-hydrogen) atoms. The summed E-state index contributed by atoms with van der Waals surface area (Å²) >= 11 is 6.46. The van der Waals surface area contributed by atoms with E-state index in [1.54, 1.807) is 36.5 Å². The molecule has 1 N–H and O–H groups in total. The van der Waals surface area contributed by atoms with Crippen molar-refractivity contribution in [2.24, 2.45) is 5.92 Å². The number of ether oxygens (including phenoxy) is 4. The number of nitrogens with zero attached hydrogens (tertiary/aromatic N) is 1. The molecule has 5 rings (SSSR count). The van der Waals surface area contributed by atoms with Crippen molar-refractivity contribution in [2.45, 2.75) is 32.0 Å². The third-order valence-corrected chi connectivity index (χ3v) is 6.29. The Morgan fingerprint density at radius 1 is 1.14 bits per heavy atom. The fourth-order valence-corrected chi connectivity index (χ4v) is 4.22. The van der Waals surface area contributed by atoms with E-state index >= 15 is 0 Å². The molecule has 0 spiro atoms. The maximum atomic E-state index is 12.2. The van der Waals surface area contributed by atoms with E-state index in [9.17, 15) is 9.59 Å². The van der Waals surface area contributed by atoms with Gasteiger partial charge < -0.3 is 24.3 Å². The van der Waals surface area contributed by atoms with Crippen LogP contribution in [0.5, 0.6) is 17.2 Å². The Morgan fingerprint density at radius 3 is 2.71 bits per heavy atom. The van der Waals surface area contributed by atoms with Gasteiger partial charge in [-0.15, -0.1) is 0 Å². The molecule has 2 aromatic carbocycles. The summed E-state index contributed by atoms with van der Waals surface area (Å²) in [5, 5.41) is 3.83. The van der Waals surface area contributed by atoms with E-state index < -0.39 is 6.29 Å². The smallest absolute Gasteiger partial charge is 0.211 e. The van der Waals surface area contributed by atoms with Gasteiger partial charge in [0.1, 0.15) is 29.6 Å². The molecule has 9 heteroatoms. The zero-order valence-electron chi connectivity index (χ0n) is 19.0. The van der Waals surface area contributed by atoms with Crippen LogP contribution in [-0.4, -0.2) is 43.3 Å². The first-order valence-corrected chi connectivity index (χ1v) is 11.9. The van der Waals surface area contributed by atoms with E-state index in [0.717, 1.165) is 18.4 Å². The van der Waals surface area contributed by atoms with Crippen molar-refractivity contribution in [2.75, 3.05) is 25.1 Å². The third kappa shape index (κ3) is 5.90. The summed E-state index contributed by atoms with van der Waals surface area (Å²) in [6, 6.07) is 10.5. The second-order valence-electron chi connectivity index (χ2n) is 8.64. The van der Waals surface area contributed by atoms with Crippen molar-refractivity contribution in [1.82, 2.24) is 4.98 Å². The monoisotopic (exact) mass is 496 g/mol. The van der Waals surface area contributed by atoms with Crippen LogP contribution in [0, 0.1) is 5.92 Å². The zero-order valence-corrected chi connectivity index (χ0v) is 19.8. The van der Waals surface area contributed by atoms with E-state index in [4.69, 9.17) is 30.5 Å². The fourth-order valence-electron chi connectivity index (χ4n) is 3.98. The van der Waals surface area contributed by atoms with Crippen LogP contribution in [0.1, 0.15) is 24.8 Å². The first-order valence-electron chi connectivity index (χ1n) is 11.6. The molecule has 2 aliphatic rings. The second kappa shape index (κ2) is 10.6. The normalized spacial score (nSPS) is 15.8. The lowest BCUT2D eigenvalue weighted by Gasteiger charge is -2.16. The average molecular weight is 497 g/mol. The van der Waals surface area contributed by atoms with Gasteiger partial charge in [0.25, 0.3) is 0 Å². The van der Waals surface area contributed by atoms with Gasteiger partial charge in [-0.1, -0.05) is 17.7 Å². The number of carbonyl (C=O) groups excluding carboxylic acids is 2. The number of Topliss-reactive ketones (excluding diaryl/α,β-unsaturated/α-hetero) is 1. The van der Waals surface area contributed by atoms with Gasteiger partial charge in [-0.25, -0.2) is 0 Å². The van der Waals surface area contributed by atoms with Crippen LogP contribution in [0.2, 0.25) is 5.02 Å². The summed E-state index contributed by atoms with van der Waals surface area (Å²) in [6.45, 7) is 1.23. The van der Waals surface area contributed by atoms with Crippen LogP contribution in [0.15, 0.2) is 42.6 Å². The van der Waals surface area contributed by atoms with Gasteiger partial charge in [-0.2, -0.15) is 0 Å². The Kier molecular flexibility index (Phi) is 7.13. The summed E-state index contributed by atoms with van der Waals surface area (Å²) in [5.41, 5.74) is 1.88. The van der Waals surface area contributed by atoms with E-state index in [-0.39, 0.29) is 12.4 Å². The van der Waals surface area contributed by atoms with Crippen molar-refractivity contribution in [3.05, 3.63) is 53.2 Å². The molecule has 1 amide bonds. The van der Waals surface area contributed by atoms with Gasteiger partial charge in [0, 0.05) is 35.5 Å². The molecule has 0 atom stereocenters. The molecule has 8 nitrogen and oxygen atoms in total. The number of ketones is 1. The number of nitrogens with one attached hydrogen (secondary N) is 1. The Morgan fingerprint density at radius 2 is 1.97 bits per heavy atom. The lowest BCUT2D eigenvalue weighted by molar-refractivity contribution is -0.118. The molecule has 0 radical (unpaired) electrons. The van der Waals surface area contributed by atoms with Crippen LogP contribution in [0.25, 0.3) is 10.9 Å². The number of carbonyl (C=O) groups is 2. The number of rotatable bonds is 11. The van der Waals surface area contributed by atoms with Crippen LogP contribution in [-0.2, 0) is 25.5 Å². The summed E-state index contributed by atoms with van der Waals surface area (Å²) in [7, 11) is 0. The van der Waals surface area contributed by atoms with Gasteiger partial charge in [-0.05, 0) is 48.6 Å². The van der Waals surface area contributed by atoms with E-state index in [2.05, 4.69) is 10.3 Å². The van der Waals surface area contributed by atoms with Crippen molar-refractivity contribution in [3.63, 3.8) is 0 Å². The maximum absolute atomic E-state index is 12.2. The summed E-state index contributed by atoms with van der Waals surface area (Å²) in [4.78, 5) is 27.8. The number of hydrogen-bond donors (Lipinski definition) is 1. The highest BCUT2D eigenvalue weighted by atomic mass is 35.5. The number of pyridine rings is 1. The number of benzene rings is 2. The molecule has 1 saturated heterocycles. The van der Waals surface area contributed by atoms with Gasteiger partial charge in [0.2, 0.25) is 6.41 Å². The highest BCUT2D eigenvalue weighted by Crippen LogP contribution is 2.37. The molecule has 1 aromatic heterocycles. The van der Waals surface area contributed by atoms with Gasteiger partial charge >= 0.3 is 0 Å². The molecule has 1 aliphatic heterocycles. The number of amides is 1. The minimum absolute atomic E-state index is 0.184. The van der Waals surface area contributed by atoms with Crippen molar-refractivity contribution < 1.29 is 28.5 Å². The predicted octanol–water partition coefficient (Wildman–Crippen LogP) is 4.91. The standard InChI is InChI=1S/C26H25ClN2O6/c27-21-11-19(4-3-17(21)10-18(31)9-16-1-2-16)35-24-5-6-28-22-13-25(23(29-15-30)12-20(22)24)34-14-26-32-7-8-33-26/h3-6,11-13,15-16,26H,1-2,7-10,14H2,(H,29,30). The molecule has 3 aromatic rings. The van der Waals surface area contributed by atoms with Crippen molar-refractivity contribution in [1.29, 1.82) is 0 Å².